The average molecular weight is 1010 g/mol. The van der Waals surface area contributed by atoms with Gasteiger partial charge >= 0.3 is 5.97 Å². The van der Waals surface area contributed by atoms with E-state index in [0.29, 0.717) is 61.6 Å². The van der Waals surface area contributed by atoms with E-state index >= 15 is 0 Å². The minimum Gasteiger partial charge on any atom is -0.483 e. The Morgan fingerprint density at radius 3 is 1.90 bits per heavy atom. The van der Waals surface area contributed by atoms with E-state index in [1.165, 1.54) is 0 Å². The van der Waals surface area contributed by atoms with E-state index in [4.69, 9.17) is 14.2 Å². The zero-order valence-electron chi connectivity index (χ0n) is 44.0. The van der Waals surface area contributed by atoms with Gasteiger partial charge in [0.25, 0.3) is 5.91 Å². The lowest BCUT2D eigenvalue weighted by Crippen LogP contribution is -2.61. The molecule has 0 radical (unpaired) electrons. The summed E-state index contributed by atoms with van der Waals surface area (Å²) >= 11 is 0. The Balaban J connectivity index is 1.21. The minimum atomic E-state index is -1.06. The fourth-order valence-electron chi connectivity index (χ4n) is 9.08. The highest BCUT2D eigenvalue weighted by molar-refractivity contribution is 5.98. The molecular weight excluding hydrogens is 929 g/mol. The van der Waals surface area contributed by atoms with E-state index in [1.54, 1.807) is 37.8 Å². The van der Waals surface area contributed by atoms with Crippen molar-refractivity contribution in [3.05, 3.63) is 107 Å². The third-order valence-electron chi connectivity index (χ3n) is 13.5. The van der Waals surface area contributed by atoms with Crippen LogP contribution in [-0.2, 0) is 66.5 Å². The lowest BCUT2D eigenvalue weighted by atomic mass is 9.91. The molecule has 2 heterocycles. The van der Waals surface area contributed by atoms with Crippen molar-refractivity contribution in [3.63, 3.8) is 0 Å². The molecule has 3 aromatic carbocycles. The van der Waals surface area contributed by atoms with Crippen molar-refractivity contribution in [2.24, 2.45) is 30.2 Å². The van der Waals surface area contributed by atoms with Gasteiger partial charge in [0.1, 0.15) is 50.1 Å². The molecule has 1 aliphatic carbocycles. The zero-order chi connectivity index (χ0) is 52.7. The fraction of sp³-hybridized carbons (Fsp3) is 0.536. The molecule has 4 aromatic rings. The van der Waals surface area contributed by atoms with Crippen LogP contribution >= 0.6 is 0 Å². The Morgan fingerprint density at radius 1 is 0.712 bits per heavy atom. The van der Waals surface area contributed by atoms with Gasteiger partial charge < -0.3 is 40.0 Å². The number of Topliss-reactive ketones (excluding diaryl/α,β-unsaturated/α-hetero) is 1. The third-order valence-corrected chi connectivity index (χ3v) is 13.5. The summed E-state index contributed by atoms with van der Waals surface area (Å²) in [5.41, 5.74) is 2.73. The van der Waals surface area contributed by atoms with Gasteiger partial charge in [-0.2, -0.15) is 0 Å². The number of aryl methyl sites for hydroxylation is 2. The predicted octanol–water partition coefficient (Wildman–Crippen LogP) is 5.58. The quantitative estimate of drug-likeness (QED) is 0.0330. The summed E-state index contributed by atoms with van der Waals surface area (Å²) in [6.45, 7) is 15.7. The summed E-state index contributed by atoms with van der Waals surface area (Å²) in [6, 6.07) is 20.5. The van der Waals surface area contributed by atoms with E-state index in [2.05, 4.69) is 31.6 Å². The molecule has 1 saturated carbocycles. The van der Waals surface area contributed by atoms with Crippen LogP contribution in [0.3, 0.4) is 0 Å². The maximum atomic E-state index is 14.6. The second-order valence-electron chi connectivity index (χ2n) is 21.4. The molecule has 0 unspecified atom stereocenters. The molecule has 4 atom stereocenters. The molecule has 2 aliphatic rings. The number of ketones is 1. The molecule has 4 N–H and O–H groups in total. The van der Waals surface area contributed by atoms with Gasteiger partial charge in [0, 0.05) is 24.4 Å². The number of esters is 1. The van der Waals surface area contributed by atoms with Crippen LogP contribution in [0.15, 0.2) is 85.1 Å². The molecule has 73 heavy (non-hydrogen) atoms. The number of ether oxygens (including phenoxy) is 3. The second kappa shape index (κ2) is 26.0. The first-order chi connectivity index (χ1) is 34.8. The molecule has 394 valence electrons. The maximum Gasteiger partial charge on any atom is 0.313 e. The first-order valence-corrected chi connectivity index (χ1v) is 25.9. The number of carbonyl (C=O) groups excluding carboxylic acids is 6. The highest BCUT2D eigenvalue weighted by Gasteiger charge is 2.48. The topological polar surface area (TPSA) is 209 Å². The average Bonchev–Trinajstić information content (AvgIpc) is 3.97. The molecule has 4 amide bonds. The number of hydrogen-bond acceptors (Lipinski definition) is 11. The Kier molecular flexibility index (Phi) is 19.9. The van der Waals surface area contributed by atoms with E-state index < -0.39 is 53.3 Å². The standard InChI is InChI=1S/C56H76N8O9/c1-37(2)29-45(51(66)56(7)23-24-56)58-54(69)47(31-41-17-13-10-14-18-41)60-53(68)46(30-38(3)4)59-52(67)44(21-19-40-15-11-9-12-16-40)57-50(65)35-64(25-27-71-28-26-64)34-42-20-22-48(73-55(70)39(5)6)49(32-42)72-36-43-33-63(8)62-61-43/h9-18,20,22,32-33,37-39,44-47H,19,21,23-31,34-36H2,1-8H3,(H3-,57,58,59,60,65,67,68,69)/p+1/t44-,45-,46-,47-/m0/s1. The molecule has 0 spiro atoms. The van der Waals surface area contributed by atoms with Gasteiger partial charge in [0.15, 0.2) is 23.8 Å². The summed E-state index contributed by atoms with van der Waals surface area (Å²) in [7, 11) is 1.76. The lowest BCUT2D eigenvalue weighted by Gasteiger charge is -2.41. The van der Waals surface area contributed by atoms with Crippen molar-refractivity contribution in [2.75, 3.05) is 32.8 Å². The van der Waals surface area contributed by atoms with Gasteiger partial charge in [-0.25, -0.2) is 0 Å². The SMILES string of the molecule is CC(C)C[C@H](NC(=O)[C@H](CCc1ccccc1)NC(=O)C[N+]1(Cc2ccc(OC(=O)C(C)C)c(OCc3cn(C)nn3)c2)CCOCC1)C(=O)N[C@@H](Cc1ccccc1)C(=O)N[C@@H](CC(C)C)C(=O)C1(C)CC1. The Morgan fingerprint density at radius 2 is 1.30 bits per heavy atom. The number of quaternary nitrogens is 1. The normalized spacial score (nSPS) is 16.4. The van der Waals surface area contributed by atoms with E-state index in [-0.39, 0.29) is 67.6 Å². The number of hydrogen-bond donors (Lipinski definition) is 4. The van der Waals surface area contributed by atoms with Crippen molar-refractivity contribution in [1.29, 1.82) is 0 Å². The summed E-state index contributed by atoms with van der Waals surface area (Å²) in [5.74, 6) is -1.99. The number of nitrogens with zero attached hydrogens (tertiary/aromatic N) is 4. The van der Waals surface area contributed by atoms with Crippen molar-refractivity contribution >= 4 is 35.4 Å². The summed E-state index contributed by atoms with van der Waals surface area (Å²) in [5, 5.41) is 20.1. The monoisotopic (exact) mass is 1010 g/mol. The van der Waals surface area contributed by atoms with Crippen LogP contribution in [0.5, 0.6) is 11.5 Å². The van der Waals surface area contributed by atoms with Crippen LogP contribution in [0.25, 0.3) is 0 Å². The van der Waals surface area contributed by atoms with Crippen molar-refractivity contribution < 1.29 is 47.5 Å². The van der Waals surface area contributed by atoms with Crippen LogP contribution in [0.4, 0.5) is 0 Å². The van der Waals surface area contributed by atoms with Gasteiger partial charge in [0.2, 0.25) is 17.7 Å². The molecule has 0 bridgehead atoms. The maximum absolute atomic E-state index is 14.6. The molecule has 1 aliphatic heterocycles. The molecule has 1 aromatic heterocycles. The van der Waals surface area contributed by atoms with Gasteiger partial charge in [0.05, 0.1) is 31.4 Å². The number of carbonyl (C=O) groups is 6. The molecule has 17 heteroatoms. The lowest BCUT2D eigenvalue weighted by molar-refractivity contribution is -0.940. The number of morpholine rings is 1. The van der Waals surface area contributed by atoms with E-state index in [0.717, 1.165) is 29.5 Å². The van der Waals surface area contributed by atoms with Crippen molar-refractivity contribution in [1.82, 2.24) is 36.3 Å². The number of rotatable bonds is 27. The van der Waals surface area contributed by atoms with E-state index in [9.17, 15) is 28.8 Å². The van der Waals surface area contributed by atoms with Crippen LogP contribution in [0.1, 0.15) is 103 Å². The molecular formula is C56H77N8O9+. The third kappa shape index (κ3) is 17.1. The smallest absolute Gasteiger partial charge is 0.313 e. The largest absolute Gasteiger partial charge is 0.483 e. The second-order valence-corrected chi connectivity index (χ2v) is 21.4. The summed E-state index contributed by atoms with van der Waals surface area (Å²) in [6.07, 6.45) is 4.87. The van der Waals surface area contributed by atoms with Crippen LogP contribution < -0.4 is 30.7 Å². The van der Waals surface area contributed by atoms with Crippen molar-refractivity contribution in [3.8, 4) is 11.5 Å². The fourth-order valence-corrected chi connectivity index (χ4v) is 9.08. The number of amides is 4. The predicted molar refractivity (Wildman–Crippen MR) is 276 cm³/mol. The Bertz CT molecular complexity index is 2480. The molecule has 2 fully saturated rings. The van der Waals surface area contributed by atoms with Gasteiger partial charge in [-0.15, -0.1) is 5.10 Å². The van der Waals surface area contributed by atoms with E-state index in [1.807, 2.05) is 107 Å². The number of benzene rings is 3. The van der Waals surface area contributed by atoms with Crippen LogP contribution in [0, 0.1) is 23.2 Å². The molecule has 1 saturated heterocycles. The Labute approximate surface area is 430 Å². The van der Waals surface area contributed by atoms with Crippen LogP contribution in [0.2, 0.25) is 0 Å². The summed E-state index contributed by atoms with van der Waals surface area (Å²) < 4.78 is 19.6. The number of nitrogens with one attached hydrogen (secondary N) is 4. The molecule has 17 nitrogen and oxygen atoms in total. The number of aromatic nitrogens is 3. The van der Waals surface area contributed by atoms with Crippen molar-refractivity contribution in [2.45, 2.75) is 131 Å². The summed E-state index contributed by atoms with van der Waals surface area (Å²) in [4.78, 5) is 84.3. The highest BCUT2D eigenvalue weighted by Crippen LogP contribution is 2.47. The Hall–Kier alpha value is -6.46. The first kappa shape index (κ1) is 55.8. The minimum absolute atomic E-state index is 0.00351. The van der Waals surface area contributed by atoms with Gasteiger partial charge in [-0.1, -0.05) is 114 Å². The van der Waals surface area contributed by atoms with Gasteiger partial charge in [-0.3, -0.25) is 33.4 Å². The van der Waals surface area contributed by atoms with Crippen LogP contribution in [-0.4, -0.2) is 112 Å². The highest BCUT2D eigenvalue weighted by atomic mass is 16.6. The molecule has 6 rings (SSSR count). The zero-order valence-corrected chi connectivity index (χ0v) is 44.0. The van der Waals surface area contributed by atoms with Gasteiger partial charge in [-0.05, 0) is 79.7 Å². The first-order valence-electron chi connectivity index (χ1n) is 25.9.